The van der Waals surface area contributed by atoms with Crippen LogP contribution in [-0.2, 0) is 4.79 Å². The van der Waals surface area contributed by atoms with E-state index in [4.69, 9.17) is 14.2 Å². The number of carbonyl (C=O) groups is 1. The van der Waals surface area contributed by atoms with Crippen LogP contribution in [0.5, 0.6) is 17.2 Å². The van der Waals surface area contributed by atoms with Crippen molar-refractivity contribution in [2.24, 2.45) is 0 Å². The molecule has 1 amide bonds. The van der Waals surface area contributed by atoms with Gasteiger partial charge in [-0.15, -0.1) is 0 Å². The normalized spacial score (nSPS) is 11.5. The van der Waals surface area contributed by atoms with Crippen molar-refractivity contribution in [3.8, 4) is 17.2 Å². The van der Waals surface area contributed by atoms with Gasteiger partial charge in [0.15, 0.2) is 18.1 Å². The molecule has 1 N–H and O–H groups in total. The molecule has 0 bridgehead atoms. The molecule has 0 aromatic heterocycles. The van der Waals surface area contributed by atoms with Gasteiger partial charge in [0.1, 0.15) is 5.75 Å². The lowest BCUT2D eigenvalue weighted by Crippen LogP contribution is -2.34. The first-order chi connectivity index (χ1) is 12.0. The Balaban J connectivity index is 1.88. The zero-order valence-electron chi connectivity index (χ0n) is 14.6. The third-order valence-corrected chi connectivity index (χ3v) is 3.79. The first-order valence-corrected chi connectivity index (χ1v) is 7.87. The quantitative estimate of drug-likeness (QED) is 0.795. The van der Waals surface area contributed by atoms with E-state index in [9.17, 15) is 9.90 Å². The Morgan fingerprint density at radius 2 is 1.68 bits per heavy atom. The first-order valence-electron chi connectivity index (χ1n) is 7.87. The van der Waals surface area contributed by atoms with Gasteiger partial charge in [0, 0.05) is 7.05 Å². The van der Waals surface area contributed by atoms with Crippen LogP contribution in [0.4, 0.5) is 0 Å². The average Bonchev–Trinajstić information content (AvgIpc) is 2.66. The molecule has 6 heteroatoms. The minimum absolute atomic E-state index is 0.133. The fourth-order valence-corrected chi connectivity index (χ4v) is 2.28. The number of nitrogens with zero attached hydrogens (tertiary/aromatic N) is 1. The molecule has 0 saturated carbocycles. The smallest absolute Gasteiger partial charge is 0.260 e. The first kappa shape index (κ1) is 18.6. The van der Waals surface area contributed by atoms with Crippen molar-refractivity contribution in [2.45, 2.75) is 6.10 Å². The molecule has 0 aliphatic carbocycles. The highest BCUT2D eigenvalue weighted by Gasteiger charge is 2.16. The van der Waals surface area contributed by atoms with Gasteiger partial charge in [0.25, 0.3) is 5.91 Å². The molecule has 1 atom stereocenters. The van der Waals surface area contributed by atoms with E-state index in [2.05, 4.69) is 0 Å². The van der Waals surface area contributed by atoms with Crippen LogP contribution in [-0.4, -0.2) is 50.3 Å². The monoisotopic (exact) mass is 345 g/mol. The topological polar surface area (TPSA) is 68.2 Å². The van der Waals surface area contributed by atoms with Crippen molar-refractivity contribution in [1.82, 2.24) is 4.90 Å². The molecule has 25 heavy (non-hydrogen) atoms. The number of hydrogen-bond acceptors (Lipinski definition) is 5. The van der Waals surface area contributed by atoms with E-state index in [-0.39, 0.29) is 19.1 Å². The number of ether oxygens (including phenoxy) is 3. The maximum atomic E-state index is 12.2. The molecule has 0 radical (unpaired) electrons. The zero-order valence-corrected chi connectivity index (χ0v) is 14.6. The molecule has 134 valence electrons. The van der Waals surface area contributed by atoms with Crippen LogP contribution in [0.15, 0.2) is 48.5 Å². The number of aliphatic hydroxyl groups is 1. The number of para-hydroxylation sites is 2. The summed E-state index contributed by atoms with van der Waals surface area (Å²) in [5.41, 5.74) is 0.714. The molecule has 6 nitrogen and oxygen atoms in total. The summed E-state index contributed by atoms with van der Waals surface area (Å²) in [5, 5.41) is 10.3. The van der Waals surface area contributed by atoms with Crippen molar-refractivity contribution in [3.05, 3.63) is 54.1 Å². The molecule has 0 aliphatic rings. The number of likely N-dealkylation sites (N-methyl/N-ethyl adjacent to an activating group) is 1. The lowest BCUT2D eigenvalue weighted by molar-refractivity contribution is -0.133. The van der Waals surface area contributed by atoms with Gasteiger partial charge < -0.3 is 24.2 Å². The summed E-state index contributed by atoms with van der Waals surface area (Å²) in [6.07, 6.45) is -0.786. The number of carbonyl (C=O) groups excluding carboxylic acids is 1. The van der Waals surface area contributed by atoms with E-state index in [1.165, 1.54) is 4.90 Å². The summed E-state index contributed by atoms with van der Waals surface area (Å²) >= 11 is 0. The molecule has 1 unspecified atom stereocenters. The van der Waals surface area contributed by atoms with E-state index >= 15 is 0 Å². The van der Waals surface area contributed by atoms with Crippen LogP contribution in [0.2, 0.25) is 0 Å². The molecule has 0 fully saturated rings. The van der Waals surface area contributed by atoms with Crippen molar-refractivity contribution in [1.29, 1.82) is 0 Å². The predicted molar refractivity (Wildman–Crippen MR) is 94.1 cm³/mol. The number of methoxy groups -OCH3 is 2. The SMILES string of the molecule is COc1ccc(C(O)CN(C)C(=O)COc2ccccc2OC)cc1. The molecule has 2 rings (SSSR count). The van der Waals surface area contributed by atoms with Gasteiger partial charge in [0.05, 0.1) is 26.9 Å². The molecular formula is C19H23NO5. The van der Waals surface area contributed by atoms with Crippen LogP contribution < -0.4 is 14.2 Å². The number of amides is 1. The lowest BCUT2D eigenvalue weighted by Gasteiger charge is -2.21. The van der Waals surface area contributed by atoms with Gasteiger partial charge >= 0.3 is 0 Å². The predicted octanol–water partition coefficient (Wildman–Crippen LogP) is 2.27. The summed E-state index contributed by atoms with van der Waals surface area (Å²) in [6.45, 7) is 0.0344. The maximum absolute atomic E-state index is 12.2. The third-order valence-electron chi connectivity index (χ3n) is 3.79. The number of aliphatic hydroxyl groups excluding tert-OH is 1. The average molecular weight is 345 g/mol. The number of hydrogen-bond donors (Lipinski definition) is 1. The Kier molecular flexibility index (Phi) is 6.65. The maximum Gasteiger partial charge on any atom is 0.260 e. The second-order valence-electron chi connectivity index (χ2n) is 5.50. The van der Waals surface area contributed by atoms with Gasteiger partial charge in [-0.2, -0.15) is 0 Å². The third kappa shape index (κ3) is 5.12. The standard InChI is InChI=1S/C19H23NO5/c1-20(12-16(21)14-8-10-15(23-2)11-9-14)19(22)13-25-18-7-5-4-6-17(18)24-3/h4-11,16,21H,12-13H2,1-3H3. The van der Waals surface area contributed by atoms with E-state index in [1.807, 2.05) is 6.07 Å². The highest BCUT2D eigenvalue weighted by Crippen LogP contribution is 2.25. The Hall–Kier alpha value is -2.73. The highest BCUT2D eigenvalue weighted by molar-refractivity contribution is 5.77. The molecule has 0 spiro atoms. The summed E-state index contributed by atoms with van der Waals surface area (Å²) in [5.74, 6) is 1.54. The molecule has 0 saturated heterocycles. The molecule has 2 aromatic rings. The minimum Gasteiger partial charge on any atom is -0.497 e. The minimum atomic E-state index is -0.786. The van der Waals surface area contributed by atoms with Gasteiger partial charge in [-0.05, 0) is 29.8 Å². The second kappa shape index (κ2) is 8.94. The highest BCUT2D eigenvalue weighted by atomic mass is 16.5. The van der Waals surface area contributed by atoms with Crippen molar-refractivity contribution >= 4 is 5.91 Å². The van der Waals surface area contributed by atoms with Crippen molar-refractivity contribution < 1.29 is 24.1 Å². The Bertz CT molecular complexity index is 686. The van der Waals surface area contributed by atoms with E-state index < -0.39 is 6.10 Å². The van der Waals surface area contributed by atoms with Gasteiger partial charge in [-0.25, -0.2) is 0 Å². The number of benzene rings is 2. The van der Waals surface area contributed by atoms with E-state index in [0.717, 1.165) is 0 Å². The van der Waals surface area contributed by atoms with Crippen molar-refractivity contribution in [3.63, 3.8) is 0 Å². The van der Waals surface area contributed by atoms with Crippen LogP contribution >= 0.6 is 0 Å². The van der Waals surface area contributed by atoms with Crippen LogP contribution in [0, 0.1) is 0 Å². The molecule has 0 heterocycles. The fourth-order valence-electron chi connectivity index (χ4n) is 2.28. The number of rotatable bonds is 8. The lowest BCUT2D eigenvalue weighted by atomic mass is 10.1. The summed E-state index contributed by atoms with van der Waals surface area (Å²) in [6, 6.07) is 14.2. The largest absolute Gasteiger partial charge is 0.497 e. The fraction of sp³-hybridized carbons (Fsp3) is 0.316. The van der Waals surface area contributed by atoms with E-state index in [1.54, 1.807) is 63.7 Å². The Morgan fingerprint density at radius 3 is 2.28 bits per heavy atom. The van der Waals surface area contributed by atoms with Crippen LogP contribution in [0.3, 0.4) is 0 Å². The van der Waals surface area contributed by atoms with Gasteiger partial charge in [-0.3, -0.25) is 4.79 Å². The summed E-state index contributed by atoms with van der Waals surface area (Å²) in [7, 11) is 4.75. The zero-order chi connectivity index (χ0) is 18.2. The van der Waals surface area contributed by atoms with Gasteiger partial charge in [0.2, 0.25) is 0 Å². The molecular weight excluding hydrogens is 322 g/mol. The molecule has 0 aliphatic heterocycles. The summed E-state index contributed by atoms with van der Waals surface area (Å²) < 4.78 is 15.8. The molecule has 2 aromatic carbocycles. The van der Waals surface area contributed by atoms with Crippen LogP contribution in [0.1, 0.15) is 11.7 Å². The Morgan fingerprint density at radius 1 is 1.04 bits per heavy atom. The van der Waals surface area contributed by atoms with Crippen molar-refractivity contribution in [2.75, 3.05) is 34.4 Å². The second-order valence-corrected chi connectivity index (χ2v) is 5.50. The summed E-state index contributed by atoms with van der Waals surface area (Å²) in [4.78, 5) is 13.6. The van der Waals surface area contributed by atoms with Gasteiger partial charge in [-0.1, -0.05) is 24.3 Å². The Labute approximate surface area is 147 Å². The van der Waals surface area contributed by atoms with E-state index in [0.29, 0.717) is 22.8 Å². The van der Waals surface area contributed by atoms with Crippen LogP contribution in [0.25, 0.3) is 0 Å².